The summed E-state index contributed by atoms with van der Waals surface area (Å²) >= 11 is 7.46. The molecule has 2 N–H and O–H groups in total. The van der Waals surface area contributed by atoms with Crippen LogP contribution in [-0.4, -0.2) is 29.2 Å². The summed E-state index contributed by atoms with van der Waals surface area (Å²) in [5.41, 5.74) is 0. The van der Waals surface area contributed by atoms with Crippen LogP contribution in [0.3, 0.4) is 0 Å². The van der Waals surface area contributed by atoms with Crippen molar-refractivity contribution in [3.63, 3.8) is 0 Å². The summed E-state index contributed by atoms with van der Waals surface area (Å²) in [6.07, 6.45) is 9.41. The summed E-state index contributed by atoms with van der Waals surface area (Å²) in [4.78, 5) is 0. The predicted octanol–water partition coefficient (Wildman–Crippen LogP) is 2.93. The van der Waals surface area contributed by atoms with Crippen LogP contribution in [-0.2, 0) is 0 Å². The van der Waals surface area contributed by atoms with E-state index >= 15 is 0 Å². The maximum absolute atomic E-state index is 5.38. The number of nitrogens with one attached hydrogen (secondary N) is 2. The second-order valence-electron chi connectivity index (χ2n) is 5.25. The van der Waals surface area contributed by atoms with Crippen LogP contribution in [0.2, 0.25) is 0 Å². The molecule has 0 aromatic heterocycles. The molecule has 2 rings (SSSR count). The molecule has 0 atom stereocenters. The average Bonchev–Trinajstić information content (AvgIpc) is 2.39. The molecule has 0 bridgehead atoms. The Kier molecular flexibility index (Phi) is 5.92. The number of hydrogen-bond acceptors (Lipinski definition) is 2. The van der Waals surface area contributed by atoms with Crippen LogP contribution in [0.1, 0.15) is 44.9 Å². The maximum atomic E-state index is 5.38. The van der Waals surface area contributed by atoms with Crippen molar-refractivity contribution in [3.05, 3.63) is 0 Å². The van der Waals surface area contributed by atoms with Crippen LogP contribution < -0.4 is 10.6 Å². The Morgan fingerprint density at radius 1 is 1.06 bits per heavy atom. The molecule has 0 spiro atoms. The molecule has 0 aromatic rings. The third kappa shape index (κ3) is 5.04. The molecule has 0 aromatic carbocycles. The van der Waals surface area contributed by atoms with Gasteiger partial charge in [0, 0.05) is 12.6 Å². The zero-order valence-electron chi connectivity index (χ0n) is 10.5. The molecule has 2 fully saturated rings. The Morgan fingerprint density at radius 2 is 1.76 bits per heavy atom. The summed E-state index contributed by atoms with van der Waals surface area (Å²) in [7, 11) is 0. The zero-order valence-corrected chi connectivity index (χ0v) is 12.2. The lowest BCUT2D eigenvalue weighted by Gasteiger charge is -2.26. The van der Waals surface area contributed by atoms with E-state index in [9.17, 15) is 0 Å². The van der Waals surface area contributed by atoms with Gasteiger partial charge in [0.2, 0.25) is 0 Å². The van der Waals surface area contributed by atoms with Crippen LogP contribution in [0.4, 0.5) is 0 Å². The van der Waals surface area contributed by atoms with Crippen molar-refractivity contribution in [2.24, 2.45) is 5.92 Å². The van der Waals surface area contributed by atoms with Gasteiger partial charge in [-0.2, -0.15) is 11.8 Å². The zero-order chi connectivity index (χ0) is 11.9. The van der Waals surface area contributed by atoms with Crippen LogP contribution in [0.25, 0.3) is 0 Å². The standard InChI is InChI=1S/C13H24N2S2/c16-13(15-12-4-2-1-3-5-12)14-10-11-6-8-17-9-7-11/h11-12H,1-10H2,(H2,14,15,16). The molecule has 98 valence electrons. The minimum absolute atomic E-state index is 0.630. The van der Waals surface area contributed by atoms with E-state index in [2.05, 4.69) is 22.4 Å². The summed E-state index contributed by atoms with van der Waals surface area (Å²) in [6.45, 7) is 1.07. The predicted molar refractivity (Wildman–Crippen MR) is 80.7 cm³/mol. The minimum atomic E-state index is 0.630. The summed E-state index contributed by atoms with van der Waals surface area (Å²) < 4.78 is 0. The van der Waals surface area contributed by atoms with E-state index in [4.69, 9.17) is 12.2 Å². The Morgan fingerprint density at radius 3 is 2.47 bits per heavy atom. The van der Waals surface area contributed by atoms with E-state index < -0.39 is 0 Å². The number of rotatable bonds is 3. The van der Waals surface area contributed by atoms with Crippen LogP contribution in [0, 0.1) is 5.92 Å². The third-order valence-corrected chi connectivity index (χ3v) is 5.14. The Hall–Kier alpha value is 0.0400. The second-order valence-corrected chi connectivity index (χ2v) is 6.88. The van der Waals surface area contributed by atoms with Gasteiger partial charge in [-0.15, -0.1) is 0 Å². The highest BCUT2D eigenvalue weighted by atomic mass is 32.2. The topological polar surface area (TPSA) is 24.1 Å². The second kappa shape index (κ2) is 7.47. The summed E-state index contributed by atoms with van der Waals surface area (Å²) in [6, 6.07) is 0.630. The molecule has 0 unspecified atom stereocenters. The fourth-order valence-electron chi connectivity index (χ4n) is 2.67. The normalized spacial score (nSPS) is 23.3. The molecule has 1 saturated carbocycles. The number of hydrogen-bond donors (Lipinski definition) is 2. The van der Waals surface area contributed by atoms with Gasteiger partial charge in [-0.3, -0.25) is 0 Å². The molecular formula is C13H24N2S2. The van der Waals surface area contributed by atoms with Crippen LogP contribution in [0.5, 0.6) is 0 Å². The van der Waals surface area contributed by atoms with Crippen molar-refractivity contribution in [1.82, 2.24) is 10.6 Å². The molecule has 1 aliphatic carbocycles. The van der Waals surface area contributed by atoms with Gasteiger partial charge in [-0.1, -0.05) is 19.3 Å². The van der Waals surface area contributed by atoms with Gasteiger partial charge < -0.3 is 10.6 Å². The Balaban J connectivity index is 1.59. The van der Waals surface area contributed by atoms with Crippen molar-refractivity contribution in [1.29, 1.82) is 0 Å². The average molecular weight is 272 g/mol. The van der Waals surface area contributed by atoms with Gasteiger partial charge in [0.15, 0.2) is 5.11 Å². The monoisotopic (exact) mass is 272 g/mol. The fraction of sp³-hybridized carbons (Fsp3) is 0.923. The molecule has 1 heterocycles. The van der Waals surface area contributed by atoms with Gasteiger partial charge in [0.1, 0.15) is 0 Å². The van der Waals surface area contributed by atoms with Gasteiger partial charge >= 0.3 is 0 Å². The minimum Gasteiger partial charge on any atom is -0.362 e. The van der Waals surface area contributed by atoms with Crippen molar-refractivity contribution < 1.29 is 0 Å². The maximum Gasteiger partial charge on any atom is 0.166 e. The van der Waals surface area contributed by atoms with Crippen LogP contribution in [0.15, 0.2) is 0 Å². The van der Waals surface area contributed by atoms with Gasteiger partial charge in [0.05, 0.1) is 0 Å². The smallest absolute Gasteiger partial charge is 0.166 e. The number of thioether (sulfide) groups is 1. The summed E-state index contributed by atoms with van der Waals surface area (Å²) in [5.74, 6) is 3.49. The number of thiocarbonyl (C=S) groups is 1. The first-order valence-electron chi connectivity index (χ1n) is 6.96. The first-order chi connectivity index (χ1) is 8.34. The molecule has 1 aliphatic heterocycles. The molecule has 1 saturated heterocycles. The van der Waals surface area contributed by atoms with E-state index in [0.29, 0.717) is 6.04 Å². The van der Waals surface area contributed by atoms with Gasteiger partial charge in [0.25, 0.3) is 0 Å². The SMILES string of the molecule is S=C(NCC1CCSCC1)NC1CCCCC1. The van der Waals surface area contributed by atoms with Crippen molar-refractivity contribution >= 4 is 29.1 Å². The highest BCUT2D eigenvalue weighted by Crippen LogP contribution is 2.22. The molecule has 0 radical (unpaired) electrons. The first-order valence-corrected chi connectivity index (χ1v) is 8.53. The van der Waals surface area contributed by atoms with E-state index in [1.54, 1.807) is 0 Å². The molecular weight excluding hydrogens is 248 g/mol. The molecule has 0 amide bonds. The fourth-order valence-corrected chi connectivity index (χ4v) is 4.13. The Labute approximate surface area is 115 Å². The van der Waals surface area contributed by atoms with Crippen molar-refractivity contribution in [2.75, 3.05) is 18.1 Å². The van der Waals surface area contributed by atoms with E-state index in [1.807, 2.05) is 0 Å². The van der Waals surface area contributed by atoms with E-state index in [1.165, 1.54) is 56.5 Å². The molecule has 2 aliphatic rings. The van der Waals surface area contributed by atoms with Gasteiger partial charge in [-0.25, -0.2) is 0 Å². The van der Waals surface area contributed by atoms with E-state index in [0.717, 1.165) is 17.6 Å². The highest BCUT2D eigenvalue weighted by Gasteiger charge is 2.16. The van der Waals surface area contributed by atoms with E-state index in [-0.39, 0.29) is 0 Å². The lowest BCUT2D eigenvalue weighted by molar-refractivity contribution is 0.409. The quantitative estimate of drug-likeness (QED) is 0.772. The molecule has 2 nitrogen and oxygen atoms in total. The molecule has 4 heteroatoms. The van der Waals surface area contributed by atoms with Crippen molar-refractivity contribution in [2.45, 2.75) is 51.0 Å². The van der Waals surface area contributed by atoms with Gasteiger partial charge in [-0.05, 0) is 55.3 Å². The Bertz CT molecular complexity index is 234. The highest BCUT2D eigenvalue weighted by molar-refractivity contribution is 7.99. The molecule has 17 heavy (non-hydrogen) atoms. The van der Waals surface area contributed by atoms with Crippen LogP contribution >= 0.6 is 24.0 Å². The summed E-state index contributed by atoms with van der Waals surface area (Å²) in [5, 5.41) is 7.77. The largest absolute Gasteiger partial charge is 0.362 e. The lowest BCUT2D eigenvalue weighted by atomic mass is 9.96. The third-order valence-electron chi connectivity index (χ3n) is 3.83. The first kappa shape index (κ1) is 13.5. The van der Waals surface area contributed by atoms with Crippen molar-refractivity contribution in [3.8, 4) is 0 Å². The lowest BCUT2D eigenvalue weighted by Crippen LogP contribution is -2.44.